The fraction of sp³-hybridized carbons (Fsp3) is 0.263. The molecule has 1 aromatic carbocycles. The Hall–Kier alpha value is -3.22. The number of carbonyl (C=O) groups excluding carboxylic acids is 1. The zero-order valence-electron chi connectivity index (χ0n) is 14.3. The Balaban J connectivity index is 1.51. The first-order valence-electron chi connectivity index (χ1n) is 8.45. The van der Waals surface area contributed by atoms with Gasteiger partial charge in [-0.15, -0.1) is 0 Å². The topological polar surface area (TPSA) is 92.1 Å². The summed E-state index contributed by atoms with van der Waals surface area (Å²) in [7, 11) is 0. The van der Waals surface area contributed by atoms with Crippen LogP contribution in [0.25, 0.3) is 11.5 Å². The van der Waals surface area contributed by atoms with E-state index in [1.54, 1.807) is 18.3 Å². The van der Waals surface area contributed by atoms with E-state index in [1.807, 2.05) is 30.0 Å². The van der Waals surface area contributed by atoms with E-state index < -0.39 is 0 Å². The number of nitrogens with one attached hydrogen (secondary N) is 1. The van der Waals surface area contributed by atoms with E-state index >= 15 is 0 Å². The molecule has 4 rings (SSSR count). The van der Waals surface area contributed by atoms with Crippen molar-refractivity contribution in [3.8, 4) is 11.5 Å². The fourth-order valence-corrected chi connectivity index (χ4v) is 3.23. The first-order chi connectivity index (χ1) is 12.6. The average Bonchev–Trinajstić information content (AvgIpc) is 3.23. The number of rotatable bonds is 4. The summed E-state index contributed by atoms with van der Waals surface area (Å²) in [5.74, 6) is 0.572. The summed E-state index contributed by atoms with van der Waals surface area (Å²) in [6.07, 6.45) is 1.89. The van der Waals surface area contributed by atoms with Gasteiger partial charge in [0.1, 0.15) is 5.56 Å². The van der Waals surface area contributed by atoms with E-state index in [4.69, 9.17) is 4.52 Å². The first kappa shape index (κ1) is 16.3. The molecule has 1 atom stereocenters. The lowest BCUT2D eigenvalue weighted by Crippen LogP contribution is -2.24. The van der Waals surface area contributed by atoms with Crippen LogP contribution in [0.2, 0.25) is 0 Å². The Kier molecular flexibility index (Phi) is 4.12. The number of aromatic amines is 1. The van der Waals surface area contributed by atoms with Crippen molar-refractivity contribution >= 4 is 5.91 Å². The van der Waals surface area contributed by atoms with E-state index in [-0.39, 0.29) is 23.3 Å². The summed E-state index contributed by atoms with van der Waals surface area (Å²) in [6.45, 7) is 3.14. The molecule has 1 fully saturated rings. The van der Waals surface area contributed by atoms with Crippen molar-refractivity contribution < 1.29 is 9.32 Å². The second-order valence-corrected chi connectivity index (χ2v) is 6.54. The van der Waals surface area contributed by atoms with Gasteiger partial charge in [-0.2, -0.15) is 4.98 Å². The number of hydrogen-bond acceptors (Lipinski definition) is 5. The third-order valence-electron chi connectivity index (χ3n) is 4.53. The Morgan fingerprint density at radius 1 is 1.27 bits per heavy atom. The zero-order valence-corrected chi connectivity index (χ0v) is 14.3. The van der Waals surface area contributed by atoms with Gasteiger partial charge in [0.2, 0.25) is 5.91 Å². The summed E-state index contributed by atoms with van der Waals surface area (Å²) in [5.41, 5.74) is 2.31. The van der Waals surface area contributed by atoms with Gasteiger partial charge < -0.3 is 14.4 Å². The molecule has 3 heterocycles. The monoisotopic (exact) mass is 350 g/mol. The summed E-state index contributed by atoms with van der Waals surface area (Å²) >= 11 is 0. The molecule has 0 saturated carbocycles. The highest BCUT2D eigenvalue weighted by atomic mass is 16.5. The highest BCUT2D eigenvalue weighted by molar-refractivity contribution is 5.79. The first-order valence-corrected chi connectivity index (χ1v) is 8.45. The van der Waals surface area contributed by atoms with Gasteiger partial charge in [-0.1, -0.05) is 35.0 Å². The molecule has 3 aromatic rings. The molecule has 0 bridgehead atoms. The van der Waals surface area contributed by atoms with Gasteiger partial charge in [0.25, 0.3) is 11.4 Å². The van der Waals surface area contributed by atoms with Crippen LogP contribution in [-0.2, 0) is 11.3 Å². The molecule has 1 saturated heterocycles. The van der Waals surface area contributed by atoms with Gasteiger partial charge in [0, 0.05) is 31.6 Å². The maximum atomic E-state index is 12.4. The Morgan fingerprint density at radius 3 is 2.96 bits per heavy atom. The number of carbonyl (C=O) groups is 1. The highest BCUT2D eigenvalue weighted by Gasteiger charge is 2.33. The molecule has 0 unspecified atom stereocenters. The lowest BCUT2D eigenvalue weighted by atomic mass is 10.1. The number of aryl methyl sites for hydroxylation is 1. The van der Waals surface area contributed by atoms with Crippen LogP contribution >= 0.6 is 0 Å². The highest BCUT2D eigenvalue weighted by Crippen LogP contribution is 2.28. The Bertz CT molecular complexity index is 1010. The molecule has 1 amide bonds. The Morgan fingerprint density at radius 2 is 2.15 bits per heavy atom. The van der Waals surface area contributed by atoms with E-state index in [0.29, 0.717) is 30.9 Å². The minimum Gasteiger partial charge on any atom is -0.338 e. The minimum atomic E-state index is -0.286. The second kappa shape index (κ2) is 6.59. The van der Waals surface area contributed by atoms with Crippen molar-refractivity contribution in [2.24, 2.45) is 0 Å². The predicted octanol–water partition coefficient (Wildman–Crippen LogP) is 2.25. The molecule has 0 spiro atoms. The summed E-state index contributed by atoms with van der Waals surface area (Å²) in [5, 5.41) is 3.99. The van der Waals surface area contributed by atoms with Crippen molar-refractivity contribution in [2.75, 3.05) is 6.54 Å². The third kappa shape index (κ3) is 3.15. The normalized spacial score (nSPS) is 17.0. The quantitative estimate of drug-likeness (QED) is 0.779. The fourth-order valence-electron chi connectivity index (χ4n) is 3.23. The minimum absolute atomic E-state index is 0.0698. The lowest BCUT2D eigenvalue weighted by molar-refractivity contribution is -0.128. The van der Waals surface area contributed by atoms with Gasteiger partial charge in [-0.3, -0.25) is 9.59 Å². The van der Waals surface area contributed by atoms with Gasteiger partial charge in [-0.05, 0) is 24.6 Å². The van der Waals surface area contributed by atoms with Crippen LogP contribution in [0.3, 0.4) is 0 Å². The molecule has 26 heavy (non-hydrogen) atoms. The average molecular weight is 350 g/mol. The van der Waals surface area contributed by atoms with Gasteiger partial charge in [0.15, 0.2) is 5.82 Å². The molecule has 7 heteroatoms. The maximum absolute atomic E-state index is 12.4. The number of likely N-dealkylation sites (tertiary alicyclic amines) is 1. The largest absolute Gasteiger partial charge is 0.338 e. The number of H-pyrrole nitrogens is 1. The van der Waals surface area contributed by atoms with Crippen molar-refractivity contribution in [3.63, 3.8) is 0 Å². The summed E-state index contributed by atoms with van der Waals surface area (Å²) < 4.78 is 5.24. The summed E-state index contributed by atoms with van der Waals surface area (Å²) in [6, 6.07) is 11.4. The molecule has 1 aliphatic heterocycles. The summed E-state index contributed by atoms with van der Waals surface area (Å²) in [4.78, 5) is 32.9. The van der Waals surface area contributed by atoms with E-state index in [2.05, 4.69) is 21.2 Å². The molecule has 132 valence electrons. The van der Waals surface area contributed by atoms with Crippen molar-refractivity contribution in [2.45, 2.75) is 25.8 Å². The van der Waals surface area contributed by atoms with E-state index in [9.17, 15) is 9.59 Å². The molecule has 2 aromatic heterocycles. The van der Waals surface area contributed by atoms with E-state index in [1.165, 1.54) is 5.56 Å². The molecule has 7 nitrogen and oxygen atoms in total. The van der Waals surface area contributed by atoms with Crippen LogP contribution in [-0.4, -0.2) is 32.5 Å². The third-order valence-corrected chi connectivity index (χ3v) is 4.53. The lowest BCUT2D eigenvalue weighted by Gasteiger charge is -2.16. The maximum Gasteiger partial charge on any atom is 0.263 e. The Labute approximate surface area is 149 Å². The zero-order chi connectivity index (χ0) is 18.1. The number of benzene rings is 1. The van der Waals surface area contributed by atoms with Crippen LogP contribution in [0.5, 0.6) is 0 Å². The SMILES string of the molecule is Cc1cccc(CN2C[C@@H](c3noc(-c4ccc[nH]c4=O)n3)CC2=O)c1. The predicted molar refractivity (Wildman–Crippen MR) is 94.3 cm³/mol. The van der Waals surface area contributed by atoms with Crippen LogP contribution in [0.1, 0.15) is 29.3 Å². The van der Waals surface area contributed by atoms with Gasteiger partial charge in [-0.25, -0.2) is 0 Å². The van der Waals surface area contributed by atoms with Gasteiger partial charge >= 0.3 is 0 Å². The van der Waals surface area contributed by atoms with Crippen LogP contribution in [0.15, 0.2) is 51.9 Å². The van der Waals surface area contributed by atoms with E-state index in [0.717, 1.165) is 5.56 Å². The second-order valence-electron chi connectivity index (χ2n) is 6.54. The molecule has 0 radical (unpaired) electrons. The molecule has 1 N–H and O–H groups in total. The van der Waals surface area contributed by atoms with Crippen molar-refractivity contribution in [3.05, 3.63) is 69.9 Å². The molecular weight excluding hydrogens is 332 g/mol. The molecule has 1 aliphatic rings. The van der Waals surface area contributed by atoms with Crippen LogP contribution < -0.4 is 5.56 Å². The number of nitrogens with zero attached hydrogens (tertiary/aromatic N) is 3. The van der Waals surface area contributed by atoms with Crippen molar-refractivity contribution in [1.82, 2.24) is 20.0 Å². The molecule has 0 aliphatic carbocycles. The van der Waals surface area contributed by atoms with Crippen molar-refractivity contribution in [1.29, 1.82) is 0 Å². The number of pyridine rings is 1. The van der Waals surface area contributed by atoms with Gasteiger partial charge in [0.05, 0.1) is 0 Å². The molecular formula is C19H18N4O3. The number of hydrogen-bond donors (Lipinski definition) is 1. The van der Waals surface area contributed by atoms with Crippen LogP contribution in [0.4, 0.5) is 0 Å². The number of amides is 1. The smallest absolute Gasteiger partial charge is 0.263 e. The standard InChI is InChI=1S/C19H18N4O3/c1-12-4-2-5-13(8-12)10-23-11-14(9-16(23)24)17-21-19(26-22-17)15-6-3-7-20-18(15)25/h2-8,14H,9-11H2,1H3,(H,20,25)/t14-/m0/s1. The number of aromatic nitrogens is 3. The van der Waals surface area contributed by atoms with Crippen LogP contribution in [0, 0.1) is 6.92 Å².